The minimum absolute atomic E-state index is 0. The van der Waals surface area contributed by atoms with Crippen molar-refractivity contribution in [2.24, 2.45) is 17.3 Å². The van der Waals surface area contributed by atoms with Gasteiger partial charge in [0.05, 0.1) is 5.60 Å². The van der Waals surface area contributed by atoms with Crippen LogP contribution in [0.4, 0.5) is 4.70 Å². The average Bonchev–Trinajstić information content (AvgIpc) is 1.82. The van der Waals surface area contributed by atoms with Crippen LogP contribution < -0.4 is 0 Å². The van der Waals surface area contributed by atoms with E-state index in [1.807, 2.05) is 0 Å². The van der Waals surface area contributed by atoms with E-state index in [-0.39, 0.29) is 10.1 Å². The highest BCUT2D eigenvalue weighted by molar-refractivity contribution is 4.95. The zero-order chi connectivity index (χ0) is 10.2. The van der Waals surface area contributed by atoms with Crippen LogP contribution in [0.3, 0.4) is 0 Å². The molecule has 2 heteroatoms. The summed E-state index contributed by atoms with van der Waals surface area (Å²) in [6, 6.07) is 0. The van der Waals surface area contributed by atoms with Gasteiger partial charge in [-0.15, -0.1) is 0 Å². The summed E-state index contributed by atoms with van der Waals surface area (Å²) in [4.78, 5) is 0. The van der Waals surface area contributed by atoms with Gasteiger partial charge in [0.2, 0.25) is 0 Å². The van der Waals surface area contributed by atoms with Crippen LogP contribution in [-0.4, -0.2) is 10.7 Å². The van der Waals surface area contributed by atoms with Gasteiger partial charge in [-0.1, -0.05) is 48.5 Å². The summed E-state index contributed by atoms with van der Waals surface area (Å²) in [7, 11) is 0. The molecule has 0 spiro atoms. The monoisotopic (exact) mass is 192 g/mol. The molecular weight excluding hydrogens is 167 g/mol. The van der Waals surface area contributed by atoms with Crippen LogP contribution in [0, 0.1) is 17.3 Å². The molecule has 0 fully saturated rings. The lowest BCUT2D eigenvalue weighted by Gasteiger charge is -2.47. The van der Waals surface area contributed by atoms with Gasteiger partial charge in [-0.05, 0) is 17.3 Å². The van der Waals surface area contributed by atoms with Crippen molar-refractivity contribution in [3.8, 4) is 0 Å². The predicted molar refractivity (Wildman–Crippen MR) is 56.6 cm³/mol. The lowest BCUT2D eigenvalue weighted by atomic mass is 9.64. The molecule has 0 saturated carbocycles. The topological polar surface area (TPSA) is 20.2 Å². The van der Waals surface area contributed by atoms with E-state index < -0.39 is 5.60 Å². The molecule has 0 saturated heterocycles. The summed E-state index contributed by atoms with van der Waals surface area (Å²) in [5, 5.41) is 10.5. The van der Waals surface area contributed by atoms with Crippen LogP contribution in [0.5, 0.6) is 0 Å². The SMILES string of the molecule is CC(C)C(O)(C(C)C)C(C)(C)C.F. The van der Waals surface area contributed by atoms with Gasteiger partial charge in [0.15, 0.2) is 0 Å². The van der Waals surface area contributed by atoms with E-state index in [0.717, 1.165) is 0 Å². The smallest absolute Gasteiger partial charge is 0.0741 e. The molecule has 0 heterocycles. The average molecular weight is 192 g/mol. The van der Waals surface area contributed by atoms with Crippen molar-refractivity contribution in [2.75, 3.05) is 0 Å². The van der Waals surface area contributed by atoms with E-state index in [2.05, 4.69) is 48.5 Å². The molecule has 0 amide bonds. The number of hydrogen-bond acceptors (Lipinski definition) is 1. The van der Waals surface area contributed by atoms with Gasteiger partial charge in [0.25, 0.3) is 0 Å². The van der Waals surface area contributed by atoms with Crippen LogP contribution in [0.25, 0.3) is 0 Å². The predicted octanol–water partition coefficient (Wildman–Crippen LogP) is 3.23. The molecule has 0 aromatic heterocycles. The number of rotatable bonds is 2. The Bertz CT molecular complexity index is 137. The molecule has 0 aromatic rings. The Morgan fingerprint density at radius 1 is 0.846 bits per heavy atom. The summed E-state index contributed by atoms with van der Waals surface area (Å²) in [6.45, 7) is 14.7. The van der Waals surface area contributed by atoms with Gasteiger partial charge < -0.3 is 5.11 Å². The van der Waals surface area contributed by atoms with Crippen LogP contribution >= 0.6 is 0 Å². The fourth-order valence-corrected chi connectivity index (χ4v) is 2.40. The fraction of sp³-hybridized carbons (Fsp3) is 1.00. The highest BCUT2D eigenvalue weighted by atomic mass is 19.0. The second kappa shape index (κ2) is 4.41. The van der Waals surface area contributed by atoms with Crippen LogP contribution in [-0.2, 0) is 0 Å². The highest BCUT2D eigenvalue weighted by Crippen LogP contribution is 2.41. The summed E-state index contributed by atoms with van der Waals surface area (Å²) in [5.41, 5.74) is -0.609. The third kappa shape index (κ3) is 2.67. The number of aliphatic hydroxyl groups is 1. The lowest BCUT2D eigenvalue weighted by Crippen LogP contribution is -2.51. The van der Waals surface area contributed by atoms with Gasteiger partial charge >= 0.3 is 0 Å². The fourth-order valence-electron chi connectivity index (χ4n) is 2.40. The first-order chi connectivity index (χ1) is 5.14. The molecule has 1 N–H and O–H groups in total. The Balaban J connectivity index is 0. The first kappa shape index (κ1) is 15.4. The molecule has 0 rings (SSSR count). The first-order valence-corrected chi connectivity index (χ1v) is 4.86. The Morgan fingerprint density at radius 2 is 1.08 bits per heavy atom. The van der Waals surface area contributed by atoms with Crippen LogP contribution in [0.1, 0.15) is 48.5 Å². The van der Waals surface area contributed by atoms with E-state index in [0.29, 0.717) is 11.8 Å². The molecule has 0 aliphatic heterocycles. The standard InChI is InChI=1S/C11H24O.FH/c1-8(2)11(12,9(3)4)10(5,6)7;/h8-9,12H,1-7H3;1H. The highest BCUT2D eigenvalue weighted by Gasteiger charge is 2.44. The molecule has 0 unspecified atom stereocenters. The first-order valence-electron chi connectivity index (χ1n) is 4.86. The van der Waals surface area contributed by atoms with E-state index in [1.54, 1.807) is 0 Å². The Morgan fingerprint density at radius 3 is 1.08 bits per heavy atom. The molecule has 0 bridgehead atoms. The van der Waals surface area contributed by atoms with Gasteiger partial charge in [0, 0.05) is 0 Å². The van der Waals surface area contributed by atoms with Crippen molar-refractivity contribution in [3.05, 3.63) is 0 Å². The maximum atomic E-state index is 10.5. The quantitative estimate of drug-likeness (QED) is 0.712. The molecule has 0 atom stereocenters. The second-order valence-electron chi connectivity index (χ2n) is 5.38. The van der Waals surface area contributed by atoms with Gasteiger partial charge in [-0.3, -0.25) is 4.70 Å². The Hall–Kier alpha value is -0.110. The molecule has 0 aliphatic carbocycles. The summed E-state index contributed by atoms with van der Waals surface area (Å²) >= 11 is 0. The minimum Gasteiger partial charge on any atom is -0.389 e. The van der Waals surface area contributed by atoms with Gasteiger partial charge in [-0.25, -0.2) is 0 Å². The summed E-state index contributed by atoms with van der Waals surface area (Å²) in [6.07, 6.45) is 0. The second-order valence-corrected chi connectivity index (χ2v) is 5.38. The molecule has 0 aromatic carbocycles. The minimum atomic E-state index is -0.562. The maximum Gasteiger partial charge on any atom is 0.0741 e. The van der Waals surface area contributed by atoms with Gasteiger partial charge in [-0.2, -0.15) is 0 Å². The van der Waals surface area contributed by atoms with E-state index in [4.69, 9.17) is 0 Å². The van der Waals surface area contributed by atoms with E-state index in [9.17, 15) is 5.11 Å². The third-order valence-corrected chi connectivity index (χ3v) is 2.96. The largest absolute Gasteiger partial charge is 0.389 e. The zero-order valence-electron chi connectivity index (χ0n) is 10.0. The third-order valence-electron chi connectivity index (χ3n) is 2.96. The van der Waals surface area contributed by atoms with Crippen molar-refractivity contribution in [1.29, 1.82) is 0 Å². The van der Waals surface area contributed by atoms with Crippen molar-refractivity contribution in [1.82, 2.24) is 0 Å². The summed E-state index contributed by atoms with van der Waals surface area (Å²) < 4.78 is 0. The number of halogens is 1. The molecule has 0 aliphatic rings. The Labute approximate surface area is 81.9 Å². The van der Waals surface area contributed by atoms with Crippen LogP contribution in [0.15, 0.2) is 0 Å². The zero-order valence-corrected chi connectivity index (χ0v) is 10.0. The molecule has 0 radical (unpaired) electrons. The van der Waals surface area contributed by atoms with Crippen molar-refractivity contribution < 1.29 is 9.81 Å². The van der Waals surface area contributed by atoms with E-state index >= 15 is 0 Å². The van der Waals surface area contributed by atoms with Gasteiger partial charge in [0.1, 0.15) is 0 Å². The molecule has 13 heavy (non-hydrogen) atoms. The van der Waals surface area contributed by atoms with Crippen molar-refractivity contribution in [3.63, 3.8) is 0 Å². The number of hydrogen-bond donors (Lipinski definition) is 1. The molecular formula is C11H25FO. The van der Waals surface area contributed by atoms with E-state index in [1.165, 1.54) is 0 Å². The van der Waals surface area contributed by atoms with Crippen molar-refractivity contribution in [2.45, 2.75) is 54.1 Å². The summed E-state index contributed by atoms with van der Waals surface area (Å²) in [5.74, 6) is 0.606. The van der Waals surface area contributed by atoms with Crippen molar-refractivity contribution >= 4 is 0 Å². The molecule has 82 valence electrons. The van der Waals surface area contributed by atoms with Crippen LogP contribution in [0.2, 0.25) is 0 Å². The maximum absolute atomic E-state index is 10.5. The Kier molecular flexibility index (Phi) is 5.21. The lowest BCUT2D eigenvalue weighted by molar-refractivity contribution is -0.129. The molecule has 1 nitrogen and oxygen atoms in total. The normalized spacial score (nSPS) is 13.4.